The van der Waals surface area contributed by atoms with Gasteiger partial charge in [0.1, 0.15) is 17.1 Å². The van der Waals surface area contributed by atoms with Crippen LogP contribution in [-0.4, -0.2) is 17.9 Å². The molecule has 2 rings (SSSR count). The SMILES string of the molecule is COc1cc(C(F)F)nc2c1CCCC2=O. The van der Waals surface area contributed by atoms with Crippen LogP contribution >= 0.6 is 0 Å². The number of aromatic nitrogens is 1. The summed E-state index contributed by atoms with van der Waals surface area (Å²) in [5.74, 6) is 0.162. The highest BCUT2D eigenvalue weighted by molar-refractivity contribution is 5.97. The van der Waals surface area contributed by atoms with Crippen LogP contribution in [0.25, 0.3) is 0 Å². The molecule has 0 bridgehead atoms. The lowest BCUT2D eigenvalue weighted by molar-refractivity contribution is 0.0963. The first kappa shape index (κ1) is 11.0. The lowest BCUT2D eigenvalue weighted by Gasteiger charge is -2.17. The first-order valence-electron chi connectivity index (χ1n) is 5.02. The number of halogens is 2. The van der Waals surface area contributed by atoms with Crippen molar-refractivity contribution in [2.75, 3.05) is 7.11 Å². The van der Waals surface area contributed by atoms with Crippen molar-refractivity contribution in [3.63, 3.8) is 0 Å². The monoisotopic (exact) mass is 227 g/mol. The Morgan fingerprint density at radius 2 is 2.19 bits per heavy atom. The number of hydrogen-bond donors (Lipinski definition) is 0. The average molecular weight is 227 g/mol. The largest absolute Gasteiger partial charge is 0.496 e. The predicted molar refractivity (Wildman–Crippen MR) is 53.0 cm³/mol. The molecule has 0 saturated carbocycles. The number of ketones is 1. The topological polar surface area (TPSA) is 39.2 Å². The van der Waals surface area contributed by atoms with Crippen molar-refractivity contribution in [1.29, 1.82) is 0 Å². The number of fused-ring (bicyclic) bond motifs is 1. The van der Waals surface area contributed by atoms with Crippen LogP contribution in [-0.2, 0) is 6.42 Å². The van der Waals surface area contributed by atoms with Gasteiger partial charge in [-0.05, 0) is 12.8 Å². The summed E-state index contributed by atoms with van der Waals surface area (Å²) in [5, 5.41) is 0. The van der Waals surface area contributed by atoms with Crippen molar-refractivity contribution in [2.24, 2.45) is 0 Å². The van der Waals surface area contributed by atoms with Crippen LogP contribution in [0.3, 0.4) is 0 Å². The second kappa shape index (κ2) is 4.15. The van der Waals surface area contributed by atoms with Gasteiger partial charge < -0.3 is 4.74 Å². The first-order chi connectivity index (χ1) is 7.63. The lowest BCUT2D eigenvalue weighted by Crippen LogP contribution is -2.15. The Kier molecular flexibility index (Phi) is 2.85. The fourth-order valence-corrected chi connectivity index (χ4v) is 1.88. The maximum Gasteiger partial charge on any atom is 0.280 e. The van der Waals surface area contributed by atoms with E-state index in [4.69, 9.17) is 4.74 Å². The molecule has 1 heterocycles. The van der Waals surface area contributed by atoms with Gasteiger partial charge >= 0.3 is 0 Å². The summed E-state index contributed by atoms with van der Waals surface area (Å²) in [4.78, 5) is 15.3. The van der Waals surface area contributed by atoms with Crippen molar-refractivity contribution in [2.45, 2.75) is 25.7 Å². The van der Waals surface area contributed by atoms with Gasteiger partial charge in [0.05, 0.1) is 7.11 Å². The number of nitrogens with zero attached hydrogens (tertiary/aromatic N) is 1. The standard InChI is InChI=1S/C11H11F2NO2/c1-16-9-5-7(11(12)13)14-10-6(9)3-2-4-8(10)15/h5,11H,2-4H2,1H3. The quantitative estimate of drug-likeness (QED) is 0.779. The molecule has 0 N–H and O–H groups in total. The van der Waals surface area contributed by atoms with E-state index < -0.39 is 12.1 Å². The van der Waals surface area contributed by atoms with Crippen molar-refractivity contribution < 1.29 is 18.3 Å². The Balaban J connectivity index is 2.58. The van der Waals surface area contributed by atoms with Crippen LogP contribution in [0, 0.1) is 0 Å². The second-order valence-corrected chi connectivity index (χ2v) is 3.65. The number of Topliss-reactive ketones (excluding diaryl/α,β-unsaturated/α-hetero) is 1. The molecule has 0 aromatic carbocycles. The number of hydrogen-bond acceptors (Lipinski definition) is 3. The molecule has 0 amide bonds. The first-order valence-corrected chi connectivity index (χ1v) is 5.02. The molecule has 0 spiro atoms. The van der Waals surface area contributed by atoms with Crippen molar-refractivity contribution >= 4 is 5.78 Å². The number of carbonyl (C=O) groups excluding carboxylic acids is 1. The molecule has 0 atom stereocenters. The van der Waals surface area contributed by atoms with Crippen LogP contribution in [0.1, 0.15) is 41.0 Å². The second-order valence-electron chi connectivity index (χ2n) is 3.65. The van der Waals surface area contributed by atoms with E-state index in [9.17, 15) is 13.6 Å². The Hall–Kier alpha value is -1.52. The van der Waals surface area contributed by atoms with E-state index in [1.165, 1.54) is 13.2 Å². The Morgan fingerprint density at radius 3 is 2.81 bits per heavy atom. The van der Waals surface area contributed by atoms with Crippen molar-refractivity contribution in [3.05, 3.63) is 23.0 Å². The zero-order valence-corrected chi connectivity index (χ0v) is 8.80. The highest BCUT2D eigenvalue weighted by Gasteiger charge is 2.25. The van der Waals surface area contributed by atoms with Crippen LogP contribution in [0.5, 0.6) is 5.75 Å². The number of alkyl halides is 2. The fraction of sp³-hybridized carbons (Fsp3) is 0.455. The van der Waals surface area contributed by atoms with E-state index in [0.29, 0.717) is 24.2 Å². The third kappa shape index (κ3) is 1.77. The zero-order chi connectivity index (χ0) is 11.7. The molecule has 16 heavy (non-hydrogen) atoms. The molecule has 0 saturated heterocycles. The van der Waals surface area contributed by atoms with Crippen LogP contribution in [0.2, 0.25) is 0 Å². The van der Waals surface area contributed by atoms with Gasteiger partial charge in [-0.1, -0.05) is 0 Å². The predicted octanol–water partition coefficient (Wildman–Crippen LogP) is 2.55. The zero-order valence-electron chi connectivity index (χ0n) is 8.80. The number of methoxy groups -OCH3 is 1. The van der Waals surface area contributed by atoms with Gasteiger partial charge in [0.15, 0.2) is 5.78 Å². The van der Waals surface area contributed by atoms with Crippen molar-refractivity contribution in [1.82, 2.24) is 4.98 Å². The third-order valence-electron chi connectivity index (χ3n) is 2.64. The van der Waals surface area contributed by atoms with Crippen LogP contribution in [0.15, 0.2) is 6.07 Å². The molecule has 0 fully saturated rings. The molecule has 0 radical (unpaired) electrons. The number of pyridine rings is 1. The van der Waals surface area contributed by atoms with Gasteiger partial charge in [-0.15, -0.1) is 0 Å². The molecule has 0 unspecified atom stereocenters. The maximum atomic E-state index is 12.6. The molecule has 1 aliphatic carbocycles. The minimum atomic E-state index is -2.69. The lowest BCUT2D eigenvalue weighted by atomic mass is 9.94. The summed E-state index contributed by atoms with van der Waals surface area (Å²) in [5.41, 5.74) is 0.412. The minimum absolute atomic E-state index is 0.154. The van der Waals surface area contributed by atoms with Gasteiger partial charge in [-0.2, -0.15) is 0 Å². The van der Waals surface area contributed by atoms with E-state index in [2.05, 4.69) is 4.98 Å². The summed E-state index contributed by atoms with van der Waals surface area (Å²) in [6.45, 7) is 0. The molecule has 86 valence electrons. The van der Waals surface area contributed by atoms with E-state index in [1.807, 2.05) is 0 Å². The maximum absolute atomic E-state index is 12.6. The summed E-state index contributed by atoms with van der Waals surface area (Å²) in [6, 6.07) is 1.21. The van der Waals surface area contributed by atoms with Gasteiger partial charge in [0.2, 0.25) is 0 Å². The van der Waals surface area contributed by atoms with Gasteiger partial charge in [-0.3, -0.25) is 4.79 Å². The Morgan fingerprint density at radius 1 is 1.44 bits per heavy atom. The van der Waals surface area contributed by atoms with E-state index >= 15 is 0 Å². The normalized spacial score (nSPS) is 15.1. The minimum Gasteiger partial charge on any atom is -0.496 e. The van der Waals surface area contributed by atoms with E-state index in [-0.39, 0.29) is 11.5 Å². The Bertz CT molecular complexity index is 432. The molecule has 0 aliphatic heterocycles. The van der Waals surface area contributed by atoms with Crippen LogP contribution < -0.4 is 4.74 Å². The highest BCUT2D eigenvalue weighted by Crippen LogP contribution is 2.31. The van der Waals surface area contributed by atoms with Gasteiger partial charge in [-0.25, -0.2) is 13.8 Å². The van der Waals surface area contributed by atoms with Gasteiger partial charge in [0.25, 0.3) is 6.43 Å². The summed E-state index contributed by atoms with van der Waals surface area (Å²) in [7, 11) is 1.41. The molecule has 1 aromatic heterocycles. The summed E-state index contributed by atoms with van der Waals surface area (Å²) in [6.07, 6.45) is -0.942. The van der Waals surface area contributed by atoms with Crippen LogP contribution in [0.4, 0.5) is 8.78 Å². The molecular weight excluding hydrogens is 216 g/mol. The molecule has 3 nitrogen and oxygen atoms in total. The smallest absolute Gasteiger partial charge is 0.280 e. The number of rotatable bonds is 2. The third-order valence-corrected chi connectivity index (χ3v) is 2.64. The molecule has 5 heteroatoms. The molecule has 1 aliphatic rings. The summed E-state index contributed by atoms with van der Waals surface area (Å²) >= 11 is 0. The molecular formula is C11H11F2NO2. The number of ether oxygens (including phenoxy) is 1. The fourth-order valence-electron chi connectivity index (χ4n) is 1.88. The number of carbonyl (C=O) groups is 1. The summed E-state index contributed by atoms with van der Waals surface area (Å²) < 4.78 is 30.1. The van der Waals surface area contributed by atoms with E-state index in [1.54, 1.807) is 0 Å². The highest BCUT2D eigenvalue weighted by atomic mass is 19.3. The molecule has 1 aromatic rings. The van der Waals surface area contributed by atoms with Gasteiger partial charge in [0, 0.05) is 18.1 Å². The average Bonchev–Trinajstić information content (AvgIpc) is 2.28. The Labute approximate surface area is 91.4 Å². The van der Waals surface area contributed by atoms with E-state index in [0.717, 1.165) is 6.42 Å². The van der Waals surface area contributed by atoms with Crippen molar-refractivity contribution in [3.8, 4) is 5.75 Å².